The Morgan fingerprint density at radius 1 is 1.24 bits per heavy atom. The molecule has 0 radical (unpaired) electrons. The van der Waals surface area contributed by atoms with Crippen molar-refractivity contribution in [2.45, 2.75) is 51.8 Å². The smallest absolute Gasteiger partial charge is 0.250 e. The van der Waals surface area contributed by atoms with Crippen LogP contribution in [0, 0.1) is 0 Å². The fourth-order valence-corrected chi connectivity index (χ4v) is 2.98. The number of benzene rings is 1. The summed E-state index contributed by atoms with van der Waals surface area (Å²) in [4.78, 5) is 0. The van der Waals surface area contributed by atoms with Crippen LogP contribution >= 0.6 is 0 Å². The predicted molar refractivity (Wildman–Crippen MR) is 84.8 cm³/mol. The molecule has 1 heterocycles. The maximum atomic E-state index is 9.34. The number of hydrogen-bond acceptors (Lipinski definition) is 4. The van der Waals surface area contributed by atoms with Crippen molar-refractivity contribution >= 4 is 8.32 Å². The Balaban J connectivity index is 2.34. The second-order valence-corrected chi connectivity index (χ2v) is 11.7. The van der Waals surface area contributed by atoms with Gasteiger partial charge in [-0.1, -0.05) is 26.8 Å². The highest BCUT2D eigenvalue weighted by atomic mass is 28.4. The summed E-state index contributed by atoms with van der Waals surface area (Å²) >= 11 is 0. The van der Waals surface area contributed by atoms with Crippen molar-refractivity contribution in [3.05, 3.63) is 29.3 Å². The summed E-state index contributed by atoms with van der Waals surface area (Å²) in [7, 11) is -1.93. The molecule has 118 valence electrons. The molecule has 1 fully saturated rings. The lowest BCUT2D eigenvalue weighted by atomic mass is 10.1. The molecule has 0 aromatic heterocycles. The number of rotatable bonds is 4. The molecular formula is C16H26O4Si. The number of aliphatic hydroxyl groups is 1. The first-order valence-electron chi connectivity index (χ1n) is 7.40. The van der Waals surface area contributed by atoms with E-state index >= 15 is 0 Å². The SMILES string of the molecule is CC(C)(C)[Si](C)(C)Oc1ccc(CO)cc1C1OCCO1. The number of hydrogen-bond donors (Lipinski definition) is 1. The second-order valence-electron chi connectivity index (χ2n) is 6.97. The van der Waals surface area contributed by atoms with Crippen LogP contribution in [-0.4, -0.2) is 26.6 Å². The lowest BCUT2D eigenvalue weighted by Gasteiger charge is -2.37. The van der Waals surface area contributed by atoms with Crippen molar-refractivity contribution < 1.29 is 19.0 Å². The van der Waals surface area contributed by atoms with Crippen molar-refractivity contribution in [3.63, 3.8) is 0 Å². The number of ether oxygens (including phenoxy) is 2. The molecule has 1 saturated heterocycles. The largest absolute Gasteiger partial charge is 0.543 e. The molecule has 0 amide bonds. The Hall–Kier alpha value is -0.883. The van der Waals surface area contributed by atoms with Gasteiger partial charge in [0, 0.05) is 5.56 Å². The van der Waals surface area contributed by atoms with Gasteiger partial charge in [-0.3, -0.25) is 0 Å². The third kappa shape index (κ3) is 3.66. The first-order valence-corrected chi connectivity index (χ1v) is 10.3. The van der Waals surface area contributed by atoms with E-state index < -0.39 is 14.6 Å². The van der Waals surface area contributed by atoms with E-state index in [0.29, 0.717) is 13.2 Å². The summed E-state index contributed by atoms with van der Waals surface area (Å²) in [5.41, 5.74) is 1.72. The van der Waals surface area contributed by atoms with E-state index in [1.54, 1.807) is 0 Å². The van der Waals surface area contributed by atoms with Crippen LogP contribution in [0.1, 0.15) is 38.2 Å². The molecule has 0 bridgehead atoms. The zero-order valence-electron chi connectivity index (χ0n) is 13.6. The molecule has 1 aliphatic heterocycles. The van der Waals surface area contributed by atoms with E-state index in [-0.39, 0.29) is 11.6 Å². The predicted octanol–water partition coefficient (Wildman–Crippen LogP) is 3.61. The van der Waals surface area contributed by atoms with E-state index in [0.717, 1.165) is 16.9 Å². The molecule has 0 unspecified atom stereocenters. The third-order valence-electron chi connectivity index (χ3n) is 4.30. The first kappa shape index (κ1) is 16.5. The van der Waals surface area contributed by atoms with Crippen molar-refractivity contribution in [2.75, 3.05) is 13.2 Å². The molecule has 4 nitrogen and oxygen atoms in total. The molecule has 0 atom stereocenters. The topological polar surface area (TPSA) is 47.9 Å². The van der Waals surface area contributed by atoms with Crippen molar-refractivity contribution in [1.29, 1.82) is 0 Å². The maximum Gasteiger partial charge on any atom is 0.250 e. The quantitative estimate of drug-likeness (QED) is 0.863. The summed E-state index contributed by atoms with van der Waals surface area (Å²) in [6, 6.07) is 5.73. The molecule has 21 heavy (non-hydrogen) atoms. The van der Waals surface area contributed by atoms with Crippen molar-refractivity contribution in [1.82, 2.24) is 0 Å². The zero-order valence-corrected chi connectivity index (χ0v) is 14.6. The Morgan fingerprint density at radius 2 is 1.86 bits per heavy atom. The van der Waals surface area contributed by atoms with E-state index in [2.05, 4.69) is 33.9 Å². The molecule has 1 N–H and O–H groups in total. The average molecular weight is 310 g/mol. The lowest BCUT2D eigenvalue weighted by Crippen LogP contribution is -2.44. The summed E-state index contributed by atoms with van der Waals surface area (Å²) in [6.45, 7) is 12.2. The molecule has 0 aliphatic carbocycles. The summed E-state index contributed by atoms with van der Waals surface area (Å²) in [5, 5.41) is 9.47. The minimum Gasteiger partial charge on any atom is -0.543 e. The molecule has 1 aliphatic rings. The molecule has 1 aromatic carbocycles. The Morgan fingerprint density at radius 3 is 2.38 bits per heavy atom. The van der Waals surface area contributed by atoms with Crippen molar-refractivity contribution in [3.8, 4) is 5.75 Å². The third-order valence-corrected chi connectivity index (χ3v) is 8.65. The van der Waals surface area contributed by atoms with Gasteiger partial charge in [0.05, 0.1) is 19.8 Å². The van der Waals surface area contributed by atoms with Gasteiger partial charge in [-0.25, -0.2) is 0 Å². The van der Waals surface area contributed by atoms with Gasteiger partial charge < -0.3 is 19.0 Å². The highest BCUT2D eigenvalue weighted by Crippen LogP contribution is 2.40. The number of aliphatic hydroxyl groups excluding tert-OH is 1. The fraction of sp³-hybridized carbons (Fsp3) is 0.625. The average Bonchev–Trinajstić information content (AvgIpc) is 2.91. The van der Waals surface area contributed by atoms with Gasteiger partial charge in [0.2, 0.25) is 8.32 Å². The molecule has 5 heteroatoms. The van der Waals surface area contributed by atoms with Gasteiger partial charge in [0.25, 0.3) is 0 Å². The van der Waals surface area contributed by atoms with Gasteiger partial charge in [0.1, 0.15) is 5.75 Å². The monoisotopic (exact) mass is 310 g/mol. The Kier molecular flexibility index (Phi) is 4.78. The summed E-state index contributed by atoms with van der Waals surface area (Å²) in [5.74, 6) is 0.811. The van der Waals surface area contributed by atoms with Gasteiger partial charge in [0.15, 0.2) is 6.29 Å². The van der Waals surface area contributed by atoms with Crippen molar-refractivity contribution in [2.24, 2.45) is 0 Å². The minimum absolute atomic E-state index is 0.0000915. The van der Waals surface area contributed by atoms with Crippen LogP contribution in [0.5, 0.6) is 5.75 Å². The van der Waals surface area contributed by atoms with Gasteiger partial charge >= 0.3 is 0 Å². The zero-order chi connectivity index (χ0) is 15.7. The van der Waals surface area contributed by atoms with E-state index in [1.165, 1.54) is 0 Å². The minimum atomic E-state index is -1.93. The van der Waals surface area contributed by atoms with E-state index in [4.69, 9.17) is 13.9 Å². The molecule has 0 spiro atoms. The van der Waals surface area contributed by atoms with E-state index in [9.17, 15) is 5.11 Å². The van der Waals surface area contributed by atoms with Crippen LogP contribution in [0.3, 0.4) is 0 Å². The van der Waals surface area contributed by atoms with Gasteiger partial charge in [-0.2, -0.15) is 0 Å². The molecule has 1 aromatic rings. The standard InChI is InChI=1S/C16H26O4Si/c1-16(2,3)21(4,5)20-14-7-6-12(11-17)10-13(14)15-18-8-9-19-15/h6-7,10,15,17H,8-9,11H2,1-5H3. The second kappa shape index (κ2) is 6.08. The Labute approximate surface area is 128 Å². The van der Waals surface area contributed by atoms with Crippen LogP contribution < -0.4 is 4.43 Å². The van der Waals surface area contributed by atoms with E-state index in [1.807, 2.05) is 18.2 Å². The molecule has 0 saturated carbocycles. The molecular weight excluding hydrogens is 284 g/mol. The van der Waals surface area contributed by atoms with Crippen LogP contribution in [0.15, 0.2) is 18.2 Å². The first-order chi connectivity index (χ1) is 9.74. The highest BCUT2D eigenvalue weighted by Gasteiger charge is 2.40. The highest BCUT2D eigenvalue weighted by molar-refractivity contribution is 6.74. The van der Waals surface area contributed by atoms with Crippen LogP contribution in [0.4, 0.5) is 0 Å². The summed E-state index contributed by atoms with van der Waals surface area (Å²) in [6.07, 6.45) is -0.392. The Bertz CT molecular complexity index is 488. The van der Waals surface area contributed by atoms with Crippen LogP contribution in [-0.2, 0) is 16.1 Å². The molecule has 2 rings (SSSR count). The van der Waals surface area contributed by atoms with Gasteiger partial charge in [-0.05, 0) is 35.8 Å². The summed E-state index contributed by atoms with van der Waals surface area (Å²) < 4.78 is 17.6. The van der Waals surface area contributed by atoms with Crippen LogP contribution in [0.2, 0.25) is 18.1 Å². The lowest BCUT2D eigenvalue weighted by molar-refractivity contribution is -0.0451. The fourth-order valence-electron chi connectivity index (χ4n) is 1.94. The normalized spacial score (nSPS) is 17.2. The van der Waals surface area contributed by atoms with Crippen LogP contribution in [0.25, 0.3) is 0 Å². The maximum absolute atomic E-state index is 9.34. The van der Waals surface area contributed by atoms with Gasteiger partial charge in [-0.15, -0.1) is 0 Å².